The summed E-state index contributed by atoms with van der Waals surface area (Å²) in [6.07, 6.45) is 2.16. The van der Waals surface area contributed by atoms with E-state index in [4.69, 9.17) is 0 Å². The number of hydrogen-bond acceptors (Lipinski definition) is 1. The van der Waals surface area contributed by atoms with Crippen LogP contribution in [0.15, 0.2) is 140 Å². The minimum atomic E-state index is 0.0443. The molecule has 6 rings (SSSR count). The zero-order valence-corrected chi connectivity index (χ0v) is 25.1. The number of aryl methyl sites for hydroxylation is 1. The van der Waals surface area contributed by atoms with Gasteiger partial charge in [-0.2, -0.15) is 0 Å². The summed E-state index contributed by atoms with van der Waals surface area (Å²) in [4.78, 5) is 2.25. The van der Waals surface area contributed by atoms with Gasteiger partial charge in [-0.1, -0.05) is 129 Å². The van der Waals surface area contributed by atoms with E-state index in [0.29, 0.717) is 0 Å². The zero-order chi connectivity index (χ0) is 29.1. The maximum atomic E-state index is 2.33. The van der Waals surface area contributed by atoms with Crippen molar-refractivity contribution < 1.29 is 0 Å². The van der Waals surface area contributed by atoms with Crippen LogP contribution in [0.3, 0.4) is 0 Å². The first-order chi connectivity index (χ1) is 20.5. The van der Waals surface area contributed by atoms with E-state index in [1.165, 1.54) is 61.1 Å². The standard InChI is InChI=1S/C41H39N/c1-5-41(6-2,37-21-11-30(3)12-22-37)38-23-15-32(16-24-38)33-17-25-39(26-18-33)42(4)40-27-19-34(20-28-40)36-14-13-31-9-7-8-10-35(31)29-36/h7-29H,5-6H2,1-4H3. The van der Waals surface area contributed by atoms with Gasteiger partial charge in [-0.15, -0.1) is 0 Å². The predicted molar refractivity (Wildman–Crippen MR) is 182 cm³/mol. The van der Waals surface area contributed by atoms with E-state index in [-0.39, 0.29) is 5.41 Å². The SMILES string of the molecule is CCC(CC)(c1ccc(C)cc1)c1ccc(-c2ccc(N(C)c3ccc(-c4ccc5ccccc5c4)cc3)cc2)cc1. The first-order valence-corrected chi connectivity index (χ1v) is 15.1. The minimum Gasteiger partial charge on any atom is -0.345 e. The first-order valence-electron chi connectivity index (χ1n) is 15.1. The number of benzene rings is 6. The Morgan fingerprint density at radius 2 is 0.905 bits per heavy atom. The molecule has 0 bridgehead atoms. The van der Waals surface area contributed by atoms with E-state index in [2.05, 4.69) is 172 Å². The van der Waals surface area contributed by atoms with Crippen LogP contribution in [0.2, 0.25) is 0 Å². The Hall–Kier alpha value is -4.62. The van der Waals surface area contributed by atoms with Crippen molar-refractivity contribution in [2.45, 2.75) is 39.0 Å². The van der Waals surface area contributed by atoms with Crippen molar-refractivity contribution in [2.24, 2.45) is 0 Å². The third-order valence-corrected chi connectivity index (χ3v) is 9.17. The molecule has 0 aliphatic rings. The summed E-state index contributed by atoms with van der Waals surface area (Å²) in [5.41, 5.74) is 11.4. The van der Waals surface area contributed by atoms with Crippen LogP contribution in [-0.2, 0) is 5.41 Å². The summed E-state index contributed by atoms with van der Waals surface area (Å²) in [5.74, 6) is 0. The fraction of sp³-hybridized carbons (Fsp3) is 0.171. The molecule has 0 spiro atoms. The molecule has 0 heterocycles. The van der Waals surface area contributed by atoms with Crippen molar-refractivity contribution >= 4 is 22.1 Å². The van der Waals surface area contributed by atoms with Crippen LogP contribution in [0.4, 0.5) is 11.4 Å². The summed E-state index contributed by atoms with van der Waals surface area (Å²) in [6, 6.07) is 51.3. The molecule has 0 aromatic heterocycles. The third kappa shape index (κ3) is 5.23. The van der Waals surface area contributed by atoms with Gasteiger partial charge in [-0.25, -0.2) is 0 Å². The highest BCUT2D eigenvalue weighted by Crippen LogP contribution is 2.40. The van der Waals surface area contributed by atoms with Gasteiger partial charge in [0.2, 0.25) is 0 Å². The smallest absolute Gasteiger partial charge is 0.0408 e. The highest BCUT2D eigenvalue weighted by molar-refractivity contribution is 5.87. The van der Waals surface area contributed by atoms with E-state index in [0.717, 1.165) is 12.8 Å². The summed E-state index contributed by atoms with van der Waals surface area (Å²) in [6.45, 7) is 6.77. The number of rotatable bonds is 8. The van der Waals surface area contributed by atoms with Crippen molar-refractivity contribution in [1.82, 2.24) is 0 Å². The molecule has 208 valence electrons. The van der Waals surface area contributed by atoms with Gasteiger partial charge in [0.25, 0.3) is 0 Å². The Bertz CT molecular complexity index is 1770. The van der Waals surface area contributed by atoms with E-state index in [9.17, 15) is 0 Å². The monoisotopic (exact) mass is 545 g/mol. The number of hydrogen-bond donors (Lipinski definition) is 0. The van der Waals surface area contributed by atoms with Gasteiger partial charge in [-0.05, 0) is 94.3 Å². The van der Waals surface area contributed by atoms with Crippen molar-refractivity contribution in [1.29, 1.82) is 0 Å². The van der Waals surface area contributed by atoms with Crippen molar-refractivity contribution in [3.63, 3.8) is 0 Å². The van der Waals surface area contributed by atoms with Gasteiger partial charge in [-0.3, -0.25) is 0 Å². The molecule has 0 amide bonds. The minimum absolute atomic E-state index is 0.0443. The van der Waals surface area contributed by atoms with Crippen LogP contribution in [-0.4, -0.2) is 7.05 Å². The molecule has 1 heteroatoms. The summed E-state index contributed by atoms with van der Waals surface area (Å²) < 4.78 is 0. The largest absolute Gasteiger partial charge is 0.345 e. The zero-order valence-electron chi connectivity index (χ0n) is 25.1. The molecule has 0 N–H and O–H groups in total. The topological polar surface area (TPSA) is 3.24 Å². The molecule has 6 aromatic carbocycles. The molecular formula is C41H39N. The van der Waals surface area contributed by atoms with E-state index < -0.39 is 0 Å². The van der Waals surface area contributed by atoms with Crippen molar-refractivity contribution in [3.8, 4) is 22.3 Å². The van der Waals surface area contributed by atoms with E-state index in [1.54, 1.807) is 0 Å². The van der Waals surface area contributed by atoms with Gasteiger partial charge in [0.05, 0.1) is 0 Å². The second-order valence-electron chi connectivity index (χ2n) is 11.4. The second kappa shape index (κ2) is 11.7. The lowest BCUT2D eigenvalue weighted by Gasteiger charge is -2.33. The second-order valence-corrected chi connectivity index (χ2v) is 11.4. The van der Waals surface area contributed by atoms with Crippen molar-refractivity contribution in [2.75, 3.05) is 11.9 Å². The summed E-state index contributed by atoms with van der Waals surface area (Å²) in [7, 11) is 2.13. The molecule has 1 nitrogen and oxygen atoms in total. The maximum Gasteiger partial charge on any atom is 0.0408 e. The fourth-order valence-corrected chi connectivity index (χ4v) is 6.36. The summed E-state index contributed by atoms with van der Waals surface area (Å²) in [5, 5.41) is 2.54. The Morgan fingerprint density at radius 1 is 0.476 bits per heavy atom. The lowest BCUT2D eigenvalue weighted by molar-refractivity contribution is 0.478. The molecule has 0 radical (unpaired) electrons. The Kier molecular flexibility index (Phi) is 7.68. The molecule has 0 unspecified atom stereocenters. The van der Waals surface area contributed by atoms with Gasteiger partial charge < -0.3 is 4.90 Å². The Balaban J connectivity index is 1.19. The molecule has 0 aliphatic carbocycles. The molecular weight excluding hydrogens is 506 g/mol. The molecule has 0 aliphatic heterocycles. The molecule has 0 atom stereocenters. The molecule has 6 aromatic rings. The maximum absolute atomic E-state index is 2.33. The van der Waals surface area contributed by atoms with E-state index in [1.807, 2.05) is 0 Å². The van der Waals surface area contributed by atoms with Crippen molar-refractivity contribution in [3.05, 3.63) is 156 Å². The van der Waals surface area contributed by atoms with Gasteiger partial charge in [0.1, 0.15) is 0 Å². The normalized spacial score (nSPS) is 11.5. The van der Waals surface area contributed by atoms with Crippen LogP contribution in [0.5, 0.6) is 0 Å². The van der Waals surface area contributed by atoms with Gasteiger partial charge in [0, 0.05) is 23.8 Å². The van der Waals surface area contributed by atoms with Crippen LogP contribution >= 0.6 is 0 Å². The van der Waals surface area contributed by atoms with Crippen LogP contribution in [0, 0.1) is 6.92 Å². The van der Waals surface area contributed by atoms with Crippen LogP contribution < -0.4 is 4.90 Å². The molecule has 0 saturated heterocycles. The number of fused-ring (bicyclic) bond motifs is 1. The lowest BCUT2D eigenvalue weighted by atomic mass is 9.70. The average Bonchev–Trinajstić information content (AvgIpc) is 3.06. The highest BCUT2D eigenvalue weighted by atomic mass is 15.1. The van der Waals surface area contributed by atoms with Crippen LogP contribution in [0.1, 0.15) is 43.4 Å². The third-order valence-electron chi connectivity index (χ3n) is 9.17. The lowest BCUT2D eigenvalue weighted by Crippen LogP contribution is -2.26. The average molecular weight is 546 g/mol. The fourth-order valence-electron chi connectivity index (χ4n) is 6.36. The number of anilines is 2. The summed E-state index contributed by atoms with van der Waals surface area (Å²) >= 11 is 0. The number of nitrogens with zero attached hydrogens (tertiary/aromatic N) is 1. The van der Waals surface area contributed by atoms with Crippen LogP contribution in [0.25, 0.3) is 33.0 Å². The Labute approximate surface area is 251 Å². The van der Waals surface area contributed by atoms with Gasteiger partial charge >= 0.3 is 0 Å². The van der Waals surface area contributed by atoms with Gasteiger partial charge in [0.15, 0.2) is 0 Å². The first kappa shape index (κ1) is 27.5. The predicted octanol–water partition coefficient (Wildman–Crippen LogP) is 11.4. The molecule has 0 saturated carbocycles. The Morgan fingerprint density at radius 3 is 1.43 bits per heavy atom. The van der Waals surface area contributed by atoms with E-state index >= 15 is 0 Å². The molecule has 42 heavy (non-hydrogen) atoms. The molecule has 0 fully saturated rings. The highest BCUT2D eigenvalue weighted by Gasteiger charge is 2.30. The quantitative estimate of drug-likeness (QED) is 0.184.